The first-order chi connectivity index (χ1) is 9.09. The van der Waals surface area contributed by atoms with Crippen LogP contribution < -0.4 is 4.74 Å². The number of ether oxygens (including phenoxy) is 1. The van der Waals surface area contributed by atoms with Crippen LogP contribution >= 0.6 is 10.7 Å². The normalized spacial score (nSPS) is 14.6. The van der Waals surface area contributed by atoms with E-state index in [0.29, 0.717) is 12.2 Å². The van der Waals surface area contributed by atoms with E-state index in [-0.39, 0.29) is 18.0 Å². The fraction of sp³-hybridized carbons (Fsp3) is 0.429. The molecule has 0 radical (unpaired) electrons. The predicted molar refractivity (Wildman–Crippen MR) is 82.3 cm³/mol. The third-order valence-electron chi connectivity index (χ3n) is 2.52. The van der Waals surface area contributed by atoms with Gasteiger partial charge in [-0.3, -0.25) is 8.98 Å². The third-order valence-corrected chi connectivity index (χ3v) is 3.26. The Bertz CT molecular complexity index is 579. The van der Waals surface area contributed by atoms with Crippen molar-refractivity contribution in [1.82, 2.24) is 0 Å². The molecule has 1 atom stereocenters. The second-order valence-corrected chi connectivity index (χ2v) is 8.07. The minimum atomic E-state index is -2.99. The molecule has 1 unspecified atom stereocenters. The number of para-hydroxylation sites is 1. The summed E-state index contributed by atoms with van der Waals surface area (Å²) in [6.45, 7) is 5.43. The second-order valence-electron chi connectivity index (χ2n) is 5.34. The van der Waals surface area contributed by atoms with Crippen molar-refractivity contribution in [1.29, 1.82) is 0 Å². The molecule has 0 bridgehead atoms. The molecule has 0 aliphatic carbocycles. The predicted octanol–water partition coefficient (Wildman–Crippen LogP) is 2.98. The van der Waals surface area contributed by atoms with E-state index in [1.54, 1.807) is 12.1 Å². The van der Waals surface area contributed by atoms with Gasteiger partial charge in [0.1, 0.15) is 5.75 Å². The lowest BCUT2D eigenvalue weighted by molar-refractivity contribution is -0.131. The first kappa shape index (κ1) is 17.0. The van der Waals surface area contributed by atoms with E-state index in [2.05, 4.69) is 5.87 Å². The van der Waals surface area contributed by atoms with Crippen LogP contribution in [0.25, 0.3) is 0 Å². The minimum Gasteiger partial charge on any atom is -0.426 e. The lowest BCUT2D eigenvalue weighted by Gasteiger charge is -2.25. The van der Waals surface area contributed by atoms with Crippen molar-refractivity contribution in [2.75, 3.05) is 6.61 Å². The lowest BCUT2D eigenvalue weighted by Crippen LogP contribution is -2.23. The van der Waals surface area contributed by atoms with E-state index >= 15 is 0 Å². The van der Waals surface area contributed by atoms with Crippen LogP contribution in [0.1, 0.15) is 26.3 Å². The molecule has 1 rings (SSSR count). The van der Waals surface area contributed by atoms with Crippen LogP contribution in [0.3, 0.4) is 0 Å². The van der Waals surface area contributed by atoms with Crippen molar-refractivity contribution in [2.45, 2.75) is 27.2 Å². The molecule has 0 fully saturated rings. The van der Waals surface area contributed by atoms with Crippen LogP contribution in [0.5, 0.6) is 5.75 Å². The number of hydrogen-bond donors (Lipinski definition) is 0. The number of halogens is 1. The summed E-state index contributed by atoms with van der Waals surface area (Å²) in [7, 11) is 2.48. The van der Waals surface area contributed by atoms with Crippen molar-refractivity contribution in [3.05, 3.63) is 29.8 Å². The number of carbonyl (C=O) groups excluding carboxylic acids is 1. The summed E-state index contributed by atoms with van der Waals surface area (Å²) in [5.74, 6) is 3.39. The van der Waals surface area contributed by atoms with Gasteiger partial charge < -0.3 is 4.74 Å². The van der Waals surface area contributed by atoms with E-state index in [1.165, 1.54) is 6.92 Å². The number of esters is 1. The van der Waals surface area contributed by atoms with Gasteiger partial charge in [-0.15, -0.1) is 0 Å². The highest BCUT2D eigenvalue weighted by Crippen LogP contribution is 2.29. The summed E-state index contributed by atoms with van der Waals surface area (Å²) in [4.78, 5) is 11.1. The highest BCUT2D eigenvalue weighted by Gasteiger charge is 2.22. The van der Waals surface area contributed by atoms with Gasteiger partial charge in [0, 0.05) is 17.6 Å². The summed E-state index contributed by atoms with van der Waals surface area (Å²) in [5, 5.41) is 0. The van der Waals surface area contributed by atoms with Crippen LogP contribution in [0.2, 0.25) is 0 Å². The molecule has 0 aromatic heterocycles. The SMILES string of the molecule is C=S(=O)(Cl)OCC(C)(C)Cc1ccccc1OC(C)=O. The Labute approximate surface area is 124 Å². The Morgan fingerprint density at radius 2 is 2.00 bits per heavy atom. The molecule has 20 heavy (non-hydrogen) atoms. The van der Waals surface area contributed by atoms with E-state index in [1.807, 2.05) is 26.0 Å². The van der Waals surface area contributed by atoms with Crippen molar-refractivity contribution in [2.24, 2.45) is 5.41 Å². The van der Waals surface area contributed by atoms with Crippen LogP contribution in [-0.2, 0) is 24.4 Å². The number of hydrogen-bond acceptors (Lipinski definition) is 4. The van der Waals surface area contributed by atoms with Crippen molar-refractivity contribution >= 4 is 31.5 Å². The average Bonchev–Trinajstić information content (AvgIpc) is 2.28. The summed E-state index contributed by atoms with van der Waals surface area (Å²) in [6.07, 6.45) is 0.586. The fourth-order valence-electron chi connectivity index (χ4n) is 1.72. The lowest BCUT2D eigenvalue weighted by atomic mass is 9.86. The Kier molecular flexibility index (Phi) is 5.62. The maximum Gasteiger partial charge on any atom is 0.308 e. The molecule has 1 aromatic rings. The van der Waals surface area contributed by atoms with E-state index in [9.17, 15) is 9.00 Å². The van der Waals surface area contributed by atoms with E-state index in [4.69, 9.17) is 19.6 Å². The molecule has 4 nitrogen and oxygen atoms in total. The summed E-state index contributed by atoms with van der Waals surface area (Å²) < 4.78 is 21.5. The molecular weight excluding hydrogens is 300 g/mol. The Morgan fingerprint density at radius 1 is 1.40 bits per heavy atom. The van der Waals surface area contributed by atoms with Gasteiger partial charge in [0.05, 0.1) is 6.61 Å². The van der Waals surface area contributed by atoms with Gasteiger partial charge in [-0.05, 0) is 29.3 Å². The number of benzene rings is 1. The summed E-state index contributed by atoms with van der Waals surface area (Å²) in [6, 6.07) is 7.28. The number of carbonyl (C=O) groups is 1. The quantitative estimate of drug-likeness (QED) is 0.350. The zero-order valence-corrected chi connectivity index (χ0v) is 13.4. The van der Waals surface area contributed by atoms with Crippen molar-refractivity contribution in [3.8, 4) is 5.75 Å². The molecule has 0 heterocycles. The first-order valence-electron chi connectivity index (χ1n) is 6.07. The van der Waals surface area contributed by atoms with Gasteiger partial charge in [-0.2, -0.15) is 0 Å². The fourth-order valence-corrected chi connectivity index (χ4v) is 2.35. The number of rotatable bonds is 6. The summed E-state index contributed by atoms with van der Waals surface area (Å²) in [5.41, 5.74) is 0.548. The third kappa shape index (κ3) is 6.41. The molecule has 0 N–H and O–H groups in total. The topological polar surface area (TPSA) is 52.6 Å². The highest BCUT2D eigenvalue weighted by molar-refractivity contribution is 8.17. The largest absolute Gasteiger partial charge is 0.426 e. The molecule has 0 spiro atoms. The Balaban J connectivity index is 2.83. The molecule has 112 valence electrons. The standard InChI is InChI=1S/C14H19ClO4S/c1-11(16)19-13-8-6-5-7-12(13)9-14(2,3)10-18-20(4,15)17/h5-8H,4,9-10H2,1-3H3. The molecule has 0 saturated carbocycles. The summed E-state index contributed by atoms with van der Waals surface area (Å²) >= 11 is 0. The maximum absolute atomic E-state index is 11.3. The smallest absolute Gasteiger partial charge is 0.308 e. The van der Waals surface area contributed by atoms with Gasteiger partial charge in [-0.1, -0.05) is 32.0 Å². The van der Waals surface area contributed by atoms with Crippen LogP contribution in [0.15, 0.2) is 24.3 Å². The van der Waals surface area contributed by atoms with Crippen LogP contribution in [-0.4, -0.2) is 22.7 Å². The minimum absolute atomic E-state index is 0.188. The van der Waals surface area contributed by atoms with Gasteiger partial charge in [0.15, 0.2) is 9.02 Å². The highest BCUT2D eigenvalue weighted by atomic mass is 35.7. The molecule has 0 aliphatic rings. The van der Waals surface area contributed by atoms with Gasteiger partial charge in [0.2, 0.25) is 0 Å². The van der Waals surface area contributed by atoms with Gasteiger partial charge in [0.25, 0.3) is 0 Å². The second kappa shape index (κ2) is 6.61. The van der Waals surface area contributed by atoms with Crippen LogP contribution in [0.4, 0.5) is 0 Å². The average molecular weight is 319 g/mol. The zero-order valence-electron chi connectivity index (χ0n) is 11.8. The molecule has 1 aromatic carbocycles. The van der Waals surface area contributed by atoms with E-state index < -0.39 is 9.02 Å². The van der Waals surface area contributed by atoms with E-state index in [0.717, 1.165) is 5.56 Å². The monoisotopic (exact) mass is 318 g/mol. The molecule has 0 aliphatic heterocycles. The molecule has 0 amide bonds. The van der Waals surface area contributed by atoms with Crippen molar-refractivity contribution < 1.29 is 17.9 Å². The van der Waals surface area contributed by atoms with Gasteiger partial charge in [-0.25, -0.2) is 4.21 Å². The Morgan fingerprint density at radius 3 is 2.55 bits per heavy atom. The molecule has 6 heteroatoms. The molecular formula is C14H19ClO4S. The first-order valence-corrected chi connectivity index (χ1v) is 8.54. The zero-order chi connectivity index (χ0) is 15.4. The molecule has 0 saturated heterocycles. The maximum atomic E-state index is 11.3. The Hall–Kier alpha value is -1.04. The van der Waals surface area contributed by atoms with Crippen molar-refractivity contribution in [3.63, 3.8) is 0 Å². The van der Waals surface area contributed by atoms with Crippen LogP contribution in [0, 0.1) is 5.41 Å². The van der Waals surface area contributed by atoms with Gasteiger partial charge >= 0.3 is 5.97 Å².